The van der Waals surface area contributed by atoms with Crippen LogP contribution in [0.3, 0.4) is 0 Å². The minimum absolute atomic E-state index is 1.04. The van der Waals surface area contributed by atoms with Gasteiger partial charge in [0.1, 0.15) is 0 Å². The first-order chi connectivity index (χ1) is 8.74. The molecule has 0 amide bonds. The molecule has 2 nitrogen and oxygen atoms in total. The molecule has 0 N–H and O–H groups in total. The van der Waals surface area contributed by atoms with E-state index < -0.39 is 0 Å². The summed E-state index contributed by atoms with van der Waals surface area (Å²) >= 11 is 1.74. The Labute approximate surface area is 111 Å². The van der Waals surface area contributed by atoms with Gasteiger partial charge in [-0.25, -0.2) is 4.68 Å². The number of hydrogen-bond donors (Lipinski definition) is 0. The van der Waals surface area contributed by atoms with E-state index in [0.717, 1.165) is 17.1 Å². The van der Waals surface area contributed by atoms with Crippen molar-refractivity contribution < 1.29 is 0 Å². The molecule has 0 saturated carbocycles. The van der Waals surface area contributed by atoms with Crippen LogP contribution in [0.25, 0.3) is 16.3 Å². The van der Waals surface area contributed by atoms with Crippen LogP contribution in [-0.2, 0) is 0 Å². The van der Waals surface area contributed by atoms with Gasteiger partial charge in [-0.15, -0.1) is 11.3 Å². The van der Waals surface area contributed by atoms with Gasteiger partial charge in [-0.2, -0.15) is 5.10 Å². The fourth-order valence-electron chi connectivity index (χ4n) is 1.98. The van der Waals surface area contributed by atoms with Crippen LogP contribution in [0.4, 0.5) is 0 Å². The monoisotopic (exact) mass is 254 g/mol. The summed E-state index contributed by atoms with van der Waals surface area (Å²) in [7, 11) is 0. The maximum Gasteiger partial charge on any atom is 0.0843 e. The highest BCUT2D eigenvalue weighted by Gasteiger charge is 2.10. The van der Waals surface area contributed by atoms with Crippen LogP contribution >= 0.6 is 11.3 Å². The summed E-state index contributed by atoms with van der Waals surface area (Å²) < 4.78 is 2.01. The Morgan fingerprint density at radius 2 is 1.83 bits per heavy atom. The lowest BCUT2D eigenvalue weighted by molar-refractivity contribution is 0.870. The zero-order chi connectivity index (χ0) is 12.5. The van der Waals surface area contributed by atoms with Gasteiger partial charge in [0.25, 0.3) is 0 Å². The molecule has 0 bridgehead atoms. The molecule has 0 spiro atoms. The van der Waals surface area contributed by atoms with Gasteiger partial charge in [0.2, 0.25) is 0 Å². The second kappa shape index (κ2) is 4.42. The molecule has 0 fully saturated rings. The highest BCUT2D eigenvalue weighted by Crippen LogP contribution is 2.27. The van der Waals surface area contributed by atoms with E-state index in [-0.39, 0.29) is 0 Å². The van der Waals surface area contributed by atoms with Crippen molar-refractivity contribution in [1.29, 1.82) is 0 Å². The van der Waals surface area contributed by atoms with E-state index in [0.29, 0.717) is 0 Å². The van der Waals surface area contributed by atoms with Crippen molar-refractivity contribution in [3.63, 3.8) is 0 Å². The standard InChI is InChI=1S/C15H14N2S/c1-11-5-7-13(8-6-11)17-14(10-12(2)16-17)15-4-3-9-18-15/h3-10H,1-2H3. The van der Waals surface area contributed by atoms with Gasteiger partial charge in [0.15, 0.2) is 0 Å². The van der Waals surface area contributed by atoms with E-state index in [1.165, 1.54) is 10.4 Å². The van der Waals surface area contributed by atoms with Gasteiger partial charge >= 0.3 is 0 Å². The second-order valence-corrected chi connectivity index (χ2v) is 5.34. The molecule has 3 rings (SSSR count). The normalized spacial score (nSPS) is 10.8. The Bertz CT molecular complexity index is 648. The smallest absolute Gasteiger partial charge is 0.0843 e. The molecule has 0 unspecified atom stereocenters. The number of aromatic nitrogens is 2. The average Bonchev–Trinajstić information content (AvgIpc) is 2.98. The van der Waals surface area contributed by atoms with Crippen molar-refractivity contribution in [2.45, 2.75) is 13.8 Å². The predicted molar refractivity (Wildman–Crippen MR) is 76.4 cm³/mol. The van der Waals surface area contributed by atoms with Crippen LogP contribution in [0.15, 0.2) is 47.8 Å². The second-order valence-electron chi connectivity index (χ2n) is 4.40. The number of thiophene rings is 1. The van der Waals surface area contributed by atoms with E-state index in [9.17, 15) is 0 Å². The van der Waals surface area contributed by atoms with Gasteiger partial charge < -0.3 is 0 Å². The summed E-state index contributed by atoms with van der Waals surface area (Å²) in [5.41, 5.74) is 4.57. The van der Waals surface area contributed by atoms with Crippen LogP contribution in [-0.4, -0.2) is 9.78 Å². The van der Waals surface area contributed by atoms with Gasteiger partial charge in [0, 0.05) is 0 Å². The molecule has 18 heavy (non-hydrogen) atoms. The maximum absolute atomic E-state index is 4.59. The van der Waals surface area contributed by atoms with Gasteiger partial charge in [-0.3, -0.25) is 0 Å². The molecule has 0 radical (unpaired) electrons. The Morgan fingerprint density at radius 1 is 1.06 bits per heavy atom. The van der Waals surface area contributed by atoms with Gasteiger partial charge in [0.05, 0.1) is 22.0 Å². The molecule has 0 aliphatic heterocycles. The number of benzene rings is 1. The summed E-state index contributed by atoms with van der Waals surface area (Å²) in [5.74, 6) is 0. The van der Waals surface area contributed by atoms with Crippen LogP contribution < -0.4 is 0 Å². The summed E-state index contributed by atoms with van der Waals surface area (Å²) in [5, 5.41) is 6.68. The first-order valence-electron chi connectivity index (χ1n) is 5.91. The Kier molecular flexibility index (Phi) is 2.76. The molecular formula is C15H14N2S. The van der Waals surface area contributed by atoms with E-state index >= 15 is 0 Å². The molecule has 0 aliphatic carbocycles. The number of hydrogen-bond acceptors (Lipinski definition) is 2. The summed E-state index contributed by atoms with van der Waals surface area (Å²) in [4.78, 5) is 1.25. The van der Waals surface area contributed by atoms with Gasteiger partial charge in [-0.05, 0) is 43.5 Å². The molecular weight excluding hydrogens is 240 g/mol. The van der Waals surface area contributed by atoms with Crippen LogP contribution in [0.1, 0.15) is 11.3 Å². The lowest BCUT2D eigenvalue weighted by Gasteiger charge is -2.06. The highest BCUT2D eigenvalue weighted by molar-refractivity contribution is 7.13. The lowest BCUT2D eigenvalue weighted by atomic mass is 10.2. The SMILES string of the molecule is Cc1ccc(-n2nc(C)cc2-c2cccs2)cc1. The number of nitrogens with zero attached hydrogens (tertiary/aromatic N) is 2. The average molecular weight is 254 g/mol. The molecule has 90 valence electrons. The van der Waals surface area contributed by atoms with Crippen molar-refractivity contribution in [2.75, 3.05) is 0 Å². The van der Waals surface area contributed by atoms with E-state index in [4.69, 9.17) is 0 Å². The van der Waals surface area contributed by atoms with Crippen molar-refractivity contribution in [1.82, 2.24) is 9.78 Å². The van der Waals surface area contributed by atoms with Crippen molar-refractivity contribution in [2.24, 2.45) is 0 Å². The Hall–Kier alpha value is -1.87. The van der Waals surface area contributed by atoms with Crippen molar-refractivity contribution in [3.05, 3.63) is 59.1 Å². The van der Waals surface area contributed by atoms with E-state index in [2.05, 4.69) is 59.9 Å². The fourth-order valence-corrected chi connectivity index (χ4v) is 2.71. The highest BCUT2D eigenvalue weighted by atomic mass is 32.1. The minimum atomic E-state index is 1.04. The molecule has 3 aromatic rings. The minimum Gasteiger partial charge on any atom is -0.232 e. The summed E-state index contributed by atoms with van der Waals surface area (Å²) in [6, 6.07) is 14.8. The maximum atomic E-state index is 4.59. The number of rotatable bonds is 2. The zero-order valence-corrected chi connectivity index (χ0v) is 11.2. The molecule has 0 saturated heterocycles. The van der Waals surface area contributed by atoms with Crippen molar-refractivity contribution in [3.8, 4) is 16.3 Å². The predicted octanol–water partition coefficient (Wildman–Crippen LogP) is 4.22. The van der Waals surface area contributed by atoms with Crippen LogP contribution in [0.5, 0.6) is 0 Å². The summed E-state index contributed by atoms with van der Waals surface area (Å²) in [6.07, 6.45) is 0. The first kappa shape index (κ1) is 11.2. The largest absolute Gasteiger partial charge is 0.232 e. The van der Waals surface area contributed by atoms with E-state index in [1.807, 2.05) is 11.6 Å². The van der Waals surface area contributed by atoms with E-state index in [1.54, 1.807) is 11.3 Å². The van der Waals surface area contributed by atoms with Gasteiger partial charge in [-0.1, -0.05) is 23.8 Å². The number of aryl methyl sites for hydroxylation is 2. The Morgan fingerprint density at radius 3 is 2.50 bits per heavy atom. The lowest BCUT2D eigenvalue weighted by Crippen LogP contribution is -1.98. The van der Waals surface area contributed by atoms with Crippen LogP contribution in [0.2, 0.25) is 0 Å². The molecule has 0 atom stereocenters. The third-order valence-electron chi connectivity index (χ3n) is 2.88. The third kappa shape index (κ3) is 1.97. The zero-order valence-electron chi connectivity index (χ0n) is 10.4. The molecule has 1 aromatic carbocycles. The quantitative estimate of drug-likeness (QED) is 0.669. The Balaban J connectivity index is 2.15. The first-order valence-corrected chi connectivity index (χ1v) is 6.79. The molecule has 2 heterocycles. The van der Waals surface area contributed by atoms with Crippen LogP contribution in [0, 0.1) is 13.8 Å². The summed E-state index contributed by atoms with van der Waals surface area (Å²) in [6.45, 7) is 4.13. The molecule has 3 heteroatoms. The fraction of sp³-hybridized carbons (Fsp3) is 0.133. The van der Waals surface area contributed by atoms with Crippen molar-refractivity contribution >= 4 is 11.3 Å². The molecule has 0 aliphatic rings. The molecule has 2 aromatic heterocycles. The third-order valence-corrected chi connectivity index (χ3v) is 3.78. The topological polar surface area (TPSA) is 17.8 Å².